The molecule has 0 bridgehead atoms. The van der Waals surface area contributed by atoms with E-state index in [2.05, 4.69) is 5.43 Å². The van der Waals surface area contributed by atoms with E-state index >= 15 is 0 Å². The first kappa shape index (κ1) is 11.4. The molecule has 5 heteroatoms. The number of aliphatic hydroxyl groups excluding tert-OH is 1. The molecule has 0 aliphatic carbocycles. The first-order valence-corrected chi connectivity index (χ1v) is 3.87. The van der Waals surface area contributed by atoms with Crippen molar-refractivity contribution in [1.82, 2.24) is 10.3 Å². The molecular weight excluding hydrogens is 158 g/mol. The monoisotopic (exact) mass is 175 g/mol. The largest absolute Gasteiger partial charge is 0.392 e. The van der Waals surface area contributed by atoms with Crippen LogP contribution in [0.25, 0.3) is 0 Å². The third-order valence-corrected chi connectivity index (χ3v) is 1.74. The standard InChI is InChI=1S/C7H17N3O2/c1-5(11)4-10(3)6(2)7(12)9-8/h5-6,11H,4,8H2,1-3H3,(H,9,12). The van der Waals surface area contributed by atoms with E-state index < -0.39 is 6.10 Å². The zero-order chi connectivity index (χ0) is 9.72. The average Bonchev–Trinajstić information content (AvgIpc) is 2.00. The van der Waals surface area contributed by atoms with Crippen molar-refractivity contribution < 1.29 is 9.90 Å². The van der Waals surface area contributed by atoms with Crippen LogP contribution in [0.3, 0.4) is 0 Å². The van der Waals surface area contributed by atoms with Crippen LogP contribution in [0.2, 0.25) is 0 Å². The van der Waals surface area contributed by atoms with Crippen LogP contribution in [-0.2, 0) is 4.79 Å². The van der Waals surface area contributed by atoms with Gasteiger partial charge in [-0.2, -0.15) is 0 Å². The molecule has 1 amide bonds. The number of nitrogens with two attached hydrogens (primary N) is 1. The molecule has 0 saturated heterocycles. The minimum atomic E-state index is -0.442. The molecule has 0 saturated carbocycles. The number of carbonyl (C=O) groups excluding carboxylic acids is 1. The van der Waals surface area contributed by atoms with E-state index in [1.165, 1.54) is 0 Å². The quantitative estimate of drug-likeness (QED) is 0.281. The Morgan fingerprint density at radius 3 is 2.50 bits per heavy atom. The van der Waals surface area contributed by atoms with E-state index in [1.807, 2.05) is 0 Å². The second-order valence-electron chi connectivity index (χ2n) is 2.97. The third-order valence-electron chi connectivity index (χ3n) is 1.74. The predicted molar refractivity (Wildman–Crippen MR) is 46.1 cm³/mol. The maximum Gasteiger partial charge on any atom is 0.250 e. The molecule has 0 aromatic rings. The van der Waals surface area contributed by atoms with Crippen molar-refractivity contribution in [1.29, 1.82) is 0 Å². The van der Waals surface area contributed by atoms with Gasteiger partial charge in [-0.1, -0.05) is 0 Å². The van der Waals surface area contributed by atoms with Crippen LogP contribution in [0.1, 0.15) is 13.8 Å². The molecule has 72 valence electrons. The van der Waals surface area contributed by atoms with Gasteiger partial charge in [0.05, 0.1) is 12.1 Å². The Kier molecular flexibility index (Phi) is 4.80. The number of aliphatic hydroxyl groups is 1. The van der Waals surface area contributed by atoms with Crippen molar-refractivity contribution >= 4 is 5.91 Å². The topological polar surface area (TPSA) is 78.6 Å². The Labute approximate surface area is 72.5 Å². The minimum absolute atomic E-state index is 0.252. The van der Waals surface area contributed by atoms with Gasteiger partial charge < -0.3 is 5.11 Å². The number of hydrogen-bond acceptors (Lipinski definition) is 4. The fraction of sp³-hybridized carbons (Fsp3) is 0.857. The molecule has 2 unspecified atom stereocenters. The molecule has 2 atom stereocenters. The number of amides is 1. The summed E-state index contributed by atoms with van der Waals surface area (Å²) in [6.07, 6.45) is -0.442. The van der Waals surface area contributed by atoms with Crippen LogP contribution in [0.15, 0.2) is 0 Å². The van der Waals surface area contributed by atoms with E-state index in [9.17, 15) is 4.79 Å². The first-order valence-electron chi connectivity index (χ1n) is 3.87. The lowest BCUT2D eigenvalue weighted by Crippen LogP contribution is -2.47. The van der Waals surface area contributed by atoms with Gasteiger partial charge in [0, 0.05) is 6.54 Å². The highest BCUT2D eigenvalue weighted by atomic mass is 16.3. The van der Waals surface area contributed by atoms with Crippen LogP contribution in [-0.4, -0.2) is 41.7 Å². The molecule has 5 nitrogen and oxygen atoms in total. The van der Waals surface area contributed by atoms with Crippen LogP contribution in [0.5, 0.6) is 0 Å². The first-order chi connectivity index (χ1) is 5.49. The Morgan fingerprint density at radius 1 is 1.67 bits per heavy atom. The highest BCUT2D eigenvalue weighted by Gasteiger charge is 2.17. The van der Waals surface area contributed by atoms with Crippen molar-refractivity contribution in [3.63, 3.8) is 0 Å². The van der Waals surface area contributed by atoms with E-state index in [1.54, 1.807) is 25.8 Å². The van der Waals surface area contributed by atoms with Crippen LogP contribution >= 0.6 is 0 Å². The zero-order valence-corrected chi connectivity index (χ0v) is 7.74. The van der Waals surface area contributed by atoms with Gasteiger partial charge in [0.25, 0.3) is 5.91 Å². The number of nitrogens with one attached hydrogen (secondary N) is 1. The zero-order valence-electron chi connectivity index (χ0n) is 7.74. The van der Waals surface area contributed by atoms with Gasteiger partial charge in [0.15, 0.2) is 0 Å². The fourth-order valence-electron chi connectivity index (χ4n) is 0.896. The summed E-state index contributed by atoms with van der Waals surface area (Å²) < 4.78 is 0. The van der Waals surface area contributed by atoms with E-state index in [-0.39, 0.29) is 11.9 Å². The SMILES string of the molecule is CC(O)CN(C)C(C)C(=O)NN. The van der Waals surface area contributed by atoms with Gasteiger partial charge in [-0.3, -0.25) is 15.1 Å². The fourth-order valence-corrected chi connectivity index (χ4v) is 0.896. The molecule has 0 radical (unpaired) electrons. The molecule has 4 N–H and O–H groups in total. The predicted octanol–water partition coefficient (Wildman–Crippen LogP) is -1.32. The number of likely N-dealkylation sites (N-methyl/N-ethyl adjacent to an activating group) is 1. The van der Waals surface area contributed by atoms with E-state index in [4.69, 9.17) is 10.9 Å². The van der Waals surface area contributed by atoms with Gasteiger partial charge in [0.1, 0.15) is 0 Å². The highest BCUT2D eigenvalue weighted by molar-refractivity contribution is 5.80. The summed E-state index contributed by atoms with van der Waals surface area (Å²) in [5.41, 5.74) is 2.06. The average molecular weight is 175 g/mol. The molecule has 0 fully saturated rings. The van der Waals surface area contributed by atoms with Gasteiger partial charge in [-0.25, -0.2) is 5.84 Å². The second kappa shape index (κ2) is 5.08. The summed E-state index contributed by atoms with van der Waals surface area (Å²) in [5, 5.41) is 9.02. The van der Waals surface area contributed by atoms with Gasteiger partial charge in [-0.15, -0.1) is 0 Å². The van der Waals surface area contributed by atoms with Crippen LogP contribution in [0.4, 0.5) is 0 Å². The summed E-state index contributed by atoms with van der Waals surface area (Å²) >= 11 is 0. The molecular formula is C7H17N3O2. The summed E-state index contributed by atoms with van der Waals surface area (Å²) in [4.78, 5) is 12.7. The molecule has 0 rings (SSSR count). The van der Waals surface area contributed by atoms with Gasteiger partial charge in [0.2, 0.25) is 0 Å². The molecule has 0 spiro atoms. The lowest BCUT2D eigenvalue weighted by Gasteiger charge is -2.23. The van der Waals surface area contributed by atoms with Crippen LogP contribution in [0, 0.1) is 0 Å². The maximum atomic E-state index is 11.0. The summed E-state index contributed by atoms with van der Waals surface area (Å²) in [6, 6.07) is -0.315. The van der Waals surface area contributed by atoms with Crippen molar-refractivity contribution in [2.75, 3.05) is 13.6 Å². The number of rotatable bonds is 4. The lowest BCUT2D eigenvalue weighted by molar-refractivity contribution is -0.125. The number of hydrogen-bond donors (Lipinski definition) is 3. The third kappa shape index (κ3) is 3.66. The Bertz CT molecular complexity index is 150. The normalized spacial score (nSPS) is 15.8. The minimum Gasteiger partial charge on any atom is -0.392 e. The van der Waals surface area contributed by atoms with Gasteiger partial charge >= 0.3 is 0 Å². The molecule has 0 aromatic heterocycles. The molecule has 0 aliphatic heterocycles. The van der Waals surface area contributed by atoms with Crippen molar-refractivity contribution in [2.24, 2.45) is 5.84 Å². The van der Waals surface area contributed by atoms with E-state index in [0.29, 0.717) is 6.54 Å². The molecule has 0 aliphatic rings. The summed E-state index contributed by atoms with van der Waals surface area (Å²) in [7, 11) is 1.76. The number of hydrazine groups is 1. The summed E-state index contributed by atoms with van der Waals surface area (Å²) in [5.74, 6) is 4.70. The molecule has 12 heavy (non-hydrogen) atoms. The number of nitrogens with zero attached hydrogens (tertiary/aromatic N) is 1. The van der Waals surface area contributed by atoms with Crippen molar-refractivity contribution in [2.45, 2.75) is 26.0 Å². The van der Waals surface area contributed by atoms with E-state index in [0.717, 1.165) is 0 Å². The van der Waals surface area contributed by atoms with Crippen molar-refractivity contribution in [3.05, 3.63) is 0 Å². The lowest BCUT2D eigenvalue weighted by atomic mass is 10.2. The molecule has 0 aromatic carbocycles. The summed E-state index contributed by atoms with van der Waals surface area (Å²) in [6.45, 7) is 3.85. The van der Waals surface area contributed by atoms with Crippen molar-refractivity contribution in [3.8, 4) is 0 Å². The second-order valence-corrected chi connectivity index (χ2v) is 2.97. The smallest absolute Gasteiger partial charge is 0.250 e. The maximum absolute atomic E-state index is 11.0. The Balaban J connectivity index is 3.91. The Morgan fingerprint density at radius 2 is 2.17 bits per heavy atom. The number of carbonyl (C=O) groups is 1. The highest BCUT2D eigenvalue weighted by Crippen LogP contribution is 1.96. The Hall–Kier alpha value is -0.650. The van der Waals surface area contributed by atoms with Gasteiger partial charge in [-0.05, 0) is 20.9 Å². The molecule has 0 heterocycles. The van der Waals surface area contributed by atoms with Crippen LogP contribution < -0.4 is 11.3 Å².